The third kappa shape index (κ3) is 5.84. The highest BCUT2D eigenvalue weighted by atomic mass is 16.5. The molecule has 1 rings (SSSR count). The highest BCUT2D eigenvalue weighted by molar-refractivity contribution is 5.88. The van der Waals surface area contributed by atoms with Gasteiger partial charge in [-0.1, -0.05) is 40.0 Å². The molecule has 6 heteroatoms. The summed E-state index contributed by atoms with van der Waals surface area (Å²) in [7, 11) is 0. The quantitative estimate of drug-likeness (QED) is 0.522. The van der Waals surface area contributed by atoms with E-state index in [2.05, 4.69) is 12.2 Å². The maximum Gasteiger partial charge on any atom is 0.407 e. The number of amides is 2. The molecule has 0 radical (unpaired) electrons. The van der Waals surface area contributed by atoms with Crippen molar-refractivity contribution < 1.29 is 19.1 Å². The molecule has 23 heavy (non-hydrogen) atoms. The van der Waals surface area contributed by atoms with Crippen LogP contribution in [0.5, 0.6) is 0 Å². The zero-order valence-corrected chi connectivity index (χ0v) is 14.5. The molecule has 0 unspecified atom stereocenters. The summed E-state index contributed by atoms with van der Waals surface area (Å²) in [4.78, 5) is 37.3. The van der Waals surface area contributed by atoms with Crippen molar-refractivity contribution in [2.45, 2.75) is 71.4 Å². The van der Waals surface area contributed by atoms with E-state index in [1.165, 1.54) is 0 Å². The normalized spacial score (nSPS) is 20.0. The Bertz CT molecular complexity index is 400. The lowest BCUT2D eigenvalue weighted by Gasteiger charge is -2.29. The molecule has 0 spiro atoms. The summed E-state index contributed by atoms with van der Waals surface area (Å²) in [5.74, 6) is -0.196. The van der Waals surface area contributed by atoms with Gasteiger partial charge >= 0.3 is 6.09 Å². The second-order valence-corrected chi connectivity index (χ2v) is 6.23. The molecule has 1 aliphatic rings. The van der Waals surface area contributed by atoms with Crippen LogP contribution < -0.4 is 5.32 Å². The maximum atomic E-state index is 12.7. The van der Waals surface area contributed by atoms with Crippen molar-refractivity contribution >= 4 is 18.3 Å². The second kappa shape index (κ2) is 10.2. The molecular formula is C17H30N2O4. The number of unbranched alkanes of at least 4 members (excludes halogenated alkanes) is 2. The fraction of sp³-hybridized carbons (Fsp3) is 0.824. The minimum atomic E-state index is -0.640. The highest BCUT2D eigenvalue weighted by Crippen LogP contribution is 2.20. The summed E-state index contributed by atoms with van der Waals surface area (Å²) in [5, 5.41) is 2.70. The van der Waals surface area contributed by atoms with Crippen molar-refractivity contribution in [1.82, 2.24) is 10.2 Å². The molecule has 6 nitrogen and oxygen atoms in total. The van der Waals surface area contributed by atoms with E-state index in [0.717, 1.165) is 38.4 Å². The minimum Gasteiger partial charge on any atom is -0.450 e. The van der Waals surface area contributed by atoms with Crippen molar-refractivity contribution in [3.63, 3.8) is 0 Å². The molecule has 1 heterocycles. The molecule has 0 aromatic heterocycles. The van der Waals surface area contributed by atoms with Crippen LogP contribution in [0.1, 0.15) is 59.3 Å². The van der Waals surface area contributed by atoms with E-state index >= 15 is 0 Å². The van der Waals surface area contributed by atoms with Gasteiger partial charge in [-0.25, -0.2) is 4.79 Å². The molecule has 3 atom stereocenters. The monoisotopic (exact) mass is 326 g/mol. The fourth-order valence-electron chi connectivity index (χ4n) is 2.75. The van der Waals surface area contributed by atoms with Gasteiger partial charge in [-0.15, -0.1) is 0 Å². The summed E-state index contributed by atoms with van der Waals surface area (Å²) in [5.41, 5.74) is 0. The standard InChI is InChI=1S/C17H30N2O4/c1-4-6-7-11-23-17(22)18-15(13(3)5-2)16(21)19-10-8-9-14(19)12-20/h12-15H,4-11H2,1-3H3,(H,18,22)/t13-,14-,15-/m0/s1. The van der Waals surface area contributed by atoms with E-state index in [1.807, 2.05) is 13.8 Å². The van der Waals surface area contributed by atoms with Crippen LogP contribution in [-0.2, 0) is 14.3 Å². The third-order valence-corrected chi connectivity index (χ3v) is 4.47. The Labute approximate surface area is 138 Å². The van der Waals surface area contributed by atoms with E-state index in [4.69, 9.17) is 4.74 Å². The summed E-state index contributed by atoms with van der Waals surface area (Å²) >= 11 is 0. The van der Waals surface area contributed by atoms with Crippen LogP contribution in [0, 0.1) is 5.92 Å². The molecule has 0 aromatic rings. The van der Waals surface area contributed by atoms with E-state index < -0.39 is 12.1 Å². The lowest BCUT2D eigenvalue weighted by atomic mass is 9.97. The number of hydrogen-bond acceptors (Lipinski definition) is 4. The number of nitrogens with zero attached hydrogens (tertiary/aromatic N) is 1. The topological polar surface area (TPSA) is 75.7 Å². The van der Waals surface area contributed by atoms with Gasteiger partial charge in [-0.3, -0.25) is 4.79 Å². The second-order valence-electron chi connectivity index (χ2n) is 6.23. The van der Waals surface area contributed by atoms with Crippen LogP contribution in [0.3, 0.4) is 0 Å². The maximum absolute atomic E-state index is 12.7. The number of likely N-dealkylation sites (tertiary alicyclic amines) is 1. The summed E-state index contributed by atoms with van der Waals surface area (Å²) in [6, 6.07) is -1.00. The number of carbonyl (C=O) groups is 3. The van der Waals surface area contributed by atoms with Gasteiger partial charge in [0, 0.05) is 6.54 Å². The smallest absolute Gasteiger partial charge is 0.407 e. The average molecular weight is 326 g/mol. The molecule has 2 amide bonds. The molecule has 132 valence electrons. The van der Waals surface area contributed by atoms with Crippen LogP contribution in [0.4, 0.5) is 4.79 Å². The first-order chi connectivity index (χ1) is 11.0. The predicted molar refractivity (Wildman–Crippen MR) is 88.1 cm³/mol. The molecule has 0 saturated carbocycles. The summed E-state index contributed by atoms with van der Waals surface area (Å²) in [6.45, 7) is 6.91. The Morgan fingerprint density at radius 3 is 2.70 bits per heavy atom. The average Bonchev–Trinajstić information content (AvgIpc) is 3.04. The zero-order chi connectivity index (χ0) is 17.2. The van der Waals surface area contributed by atoms with Crippen LogP contribution in [0.25, 0.3) is 0 Å². The number of carbonyl (C=O) groups excluding carboxylic acids is 3. The van der Waals surface area contributed by atoms with Gasteiger partial charge < -0.3 is 19.7 Å². The first-order valence-corrected chi connectivity index (χ1v) is 8.74. The van der Waals surface area contributed by atoms with E-state index in [1.54, 1.807) is 4.90 Å². The lowest BCUT2D eigenvalue weighted by Crippen LogP contribution is -2.53. The Morgan fingerprint density at radius 2 is 2.09 bits per heavy atom. The molecule has 1 fully saturated rings. The summed E-state index contributed by atoms with van der Waals surface area (Å²) in [6.07, 6.45) is 5.44. The van der Waals surface area contributed by atoms with E-state index in [0.29, 0.717) is 19.6 Å². The van der Waals surface area contributed by atoms with Gasteiger partial charge in [-0.2, -0.15) is 0 Å². The number of aldehydes is 1. The molecule has 0 aromatic carbocycles. The van der Waals surface area contributed by atoms with Crippen molar-refractivity contribution in [3.05, 3.63) is 0 Å². The van der Waals surface area contributed by atoms with Gasteiger partial charge in [0.2, 0.25) is 5.91 Å². The number of rotatable bonds is 9. The van der Waals surface area contributed by atoms with Crippen LogP contribution in [0.2, 0.25) is 0 Å². The van der Waals surface area contributed by atoms with Crippen molar-refractivity contribution in [1.29, 1.82) is 0 Å². The molecule has 0 aliphatic carbocycles. The lowest BCUT2D eigenvalue weighted by molar-refractivity contribution is -0.137. The highest BCUT2D eigenvalue weighted by Gasteiger charge is 2.36. The van der Waals surface area contributed by atoms with Gasteiger partial charge in [0.15, 0.2) is 0 Å². The Kier molecular flexibility index (Phi) is 8.66. The van der Waals surface area contributed by atoms with Crippen molar-refractivity contribution in [2.24, 2.45) is 5.92 Å². The number of nitrogens with one attached hydrogen (secondary N) is 1. The minimum absolute atomic E-state index is 0.0152. The predicted octanol–water partition coefficient (Wildman–Crippen LogP) is 2.51. The van der Waals surface area contributed by atoms with Crippen molar-refractivity contribution in [3.8, 4) is 0 Å². The van der Waals surface area contributed by atoms with E-state index in [-0.39, 0.29) is 17.9 Å². The number of hydrogen-bond donors (Lipinski definition) is 1. The fourth-order valence-corrected chi connectivity index (χ4v) is 2.75. The van der Waals surface area contributed by atoms with Crippen LogP contribution in [-0.4, -0.2) is 48.4 Å². The zero-order valence-electron chi connectivity index (χ0n) is 14.5. The van der Waals surface area contributed by atoms with E-state index in [9.17, 15) is 14.4 Å². The van der Waals surface area contributed by atoms with Gasteiger partial charge in [0.05, 0.1) is 12.6 Å². The Hall–Kier alpha value is -1.59. The number of alkyl carbamates (subject to hydrolysis) is 1. The largest absolute Gasteiger partial charge is 0.450 e. The van der Waals surface area contributed by atoms with Crippen LogP contribution in [0.15, 0.2) is 0 Å². The molecule has 1 N–H and O–H groups in total. The molecule has 1 aliphatic heterocycles. The Morgan fingerprint density at radius 1 is 1.35 bits per heavy atom. The number of ether oxygens (including phenoxy) is 1. The van der Waals surface area contributed by atoms with Gasteiger partial charge in [-0.05, 0) is 25.2 Å². The summed E-state index contributed by atoms with van der Waals surface area (Å²) < 4.78 is 5.14. The molecular weight excluding hydrogens is 296 g/mol. The Balaban J connectivity index is 2.63. The first-order valence-electron chi connectivity index (χ1n) is 8.74. The molecule has 0 bridgehead atoms. The third-order valence-electron chi connectivity index (χ3n) is 4.47. The van der Waals surface area contributed by atoms with Gasteiger partial charge in [0.1, 0.15) is 12.3 Å². The SMILES string of the molecule is CCCCCOC(=O)N[C@H](C(=O)N1CCC[C@H]1C=O)[C@@H](C)CC. The molecule has 1 saturated heterocycles. The van der Waals surface area contributed by atoms with Crippen molar-refractivity contribution in [2.75, 3.05) is 13.2 Å². The first kappa shape index (κ1) is 19.5. The van der Waals surface area contributed by atoms with Crippen LogP contribution >= 0.6 is 0 Å². The van der Waals surface area contributed by atoms with Gasteiger partial charge in [0.25, 0.3) is 0 Å².